The minimum Gasteiger partial charge on any atom is -0.393 e. The molecule has 3 saturated carbocycles. The molecule has 1 aromatic carbocycles. The Morgan fingerprint density at radius 2 is 2.03 bits per heavy atom. The average molecular weight is 531 g/mol. The highest BCUT2D eigenvalue weighted by atomic mass is 32.2. The maximum atomic E-state index is 13.7. The minimum absolute atomic E-state index is 0.0947. The number of Topliss-reactive ketones (excluding diaryl/α,β-unsaturated/α-hetero) is 1. The van der Waals surface area contributed by atoms with Crippen LogP contribution in [-0.4, -0.2) is 43.6 Å². The van der Waals surface area contributed by atoms with E-state index in [9.17, 15) is 15.0 Å². The molecule has 3 unspecified atom stereocenters. The van der Waals surface area contributed by atoms with Crippen molar-refractivity contribution in [3.63, 3.8) is 0 Å². The summed E-state index contributed by atoms with van der Waals surface area (Å²) in [6.45, 7) is 4.35. The number of aromatic nitrogens is 2. The Balaban J connectivity index is 1.13. The van der Waals surface area contributed by atoms with Crippen LogP contribution >= 0.6 is 11.8 Å². The highest BCUT2D eigenvalue weighted by Crippen LogP contribution is 2.67. The number of allylic oxidation sites excluding steroid dienone is 1. The topological polar surface area (TPSA) is 96.5 Å². The number of hydrogen-bond acceptors (Lipinski definition) is 7. The predicted octanol–water partition coefficient (Wildman–Crippen LogP) is 5.47. The Morgan fingerprint density at radius 3 is 2.89 bits per heavy atom. The molecule has 0 saturated heterocycles. The van der Waals surface area contributed by atoms with Crippen LogP contribution in [0.3, 0.4) is 0 Å². The lowest BCUT2D eigenvalue weighted by Crippen LogP contribution is -2.62. The molecule has 3 fully saturated rings. The van der Waals surface area contributed by atoms with Crippen molar-refractivity contribution in [3.05, 3.63) is 59.5 Å². The Hall–Kier alpha value is -2.48. The van der Waals surface area contributed by atoms with E-state index in [4.69, 9.17) is 9.51 Å². The average Bonchev–Trinajstić information content (AvgIpc) is 3.46. The van der Waals surface area contributed by atoms with E-state index in [1.807, 2.05) is 42.6 Å². The molecule has 0 spiro atoms. The fraction of sp³-hybridized carbons (Fsp3) is 0.516. The van der Waals surface area contributed by atoms with Crippen molar-refractivity contribution in [3.8, 4) is 0 Å². The zero-order valence-electron chi connectivity index (χ0n) is 21.9. The van der Waals surface area contributed by atoms with Crippen molar-refractivity contribution in [2.45, 2.75) is 69.1 Å². The van der Waals surface area contributed by atoms with Crippen LogP contribution in [0.25, 0.3) is 17.0 Å². The Kier molecular flexibility index (Phi) is 5.50. The SMILES string of the molecule is C[C@]12Cc3cnoc3C=C1CCC1C2[C@@H](O)C[C@@]2(C)C1CC[C@]2(O)C(=O)CSc1ccc2ccccc2n1. The molecule has 4 aliphatic rings. The number of aliphatic hydroxyl groups is 2. The summed E-state index contributed by atoms with van der Waals surface area (Å²) in [4.78, 5) is 18.4. The number of nitrogens with zero attached hydrogens (tertiary/aromatic N) is 2. The summed E-state index contributed by atoms with van der Waals surface area (Å²) in [5.74, 6) is 1.46. The van der Waals surface area contributed by atoms with Crippen molar-refractivity contribution in [1.29, 1.82) is 0 Å². The molecule has 38 heavy (non-hydrogen) atoms. The summed E-state index contributed by atoms with van der Waals surface area (Å²) >= 11 is 1.39. The van der Waals surface area contributed by atoms with E-state index < -0.39 is 17.1 Å². The summed E-state index contributed by atoms with van der Waals surface area (Å²) in [7, 11) is 0. The van der Waals surface area contributed by atoms with Gasteiger partial charge in [0.2, 0.25) is 0 Å². The minimum atomic E-state index is -1.43. The zero-order valence-corrected chi connectivity index (χ0v) is 22.7. The third-order valence-electron chi connectivity index (χ3n) is 10.7. The normalized spacial score (nSPS) is 37.6. The first-order chi connectivity index (χ1) is 18.2. The molecule has 0 aliphatic heterocycles. The van der Waals surface area contributed by atoms with Crippen molar-refractivity contribution >= 4 is 34.5 Å². The van der Waals surface area contributed by atoms with Gasteiger partial charge in [0.1, 0.15) is 5.60 Å². The molecule has 7 heteroatoms. The summed E-state index contributed by atoms with van der Waals surface area (Å²) in [6, 6.07) is 11.9. The molecule has 6 nitrogen and oxygen atoms in total. The Labute approximate surface area is 226 Å². The van der Waals surface area contributed by atoms with E-state index in [0.29, 0.717) is 12.8 Å². The molecule has 0 amide bonds. The van der Waals surface area contributed by atoms with Crippen LogP contribution in [0.1, 0.15) is 57.3 Å². The first-order valence-electron chi connectivity index (χ1n) is 13.8. The van der Waals surface area contributed by atoms with Gasteiger partial charge in [-0.1, -0.05) is 60.6 Å². The Bertz CT molecular complexity index is 1470. The van der Waals surface area contributed by atoms with E-state index in [1.165, 1.54) is 17.3 Å². The van der Waals surface area contributed by atoms with Gasteiger partial charge in [-0.3, -0.25) is 4.79 Å². The molecule has 2 heterocycles. The lowest BCUT2D eigenvalue weighted by atomic mass is 9.45. The molecule has 4 aliphatic carbocycles. The number of ketones is 1. The van der Waals surface area contributed by atoms with Gasteiger partial charge in [-0.2, -0.15) is 0 Å². The van der Waals surface area contributed by atoms with Crippen LogP contribution in [-0.2, 0) is 11.2 Å². The molecule has 3 aromatic rings. The lowest BCUT2D eigenvalue weighted by Gasteiger charge is -2.60. The van der Waals surface area contributed by atoms with E-state index in [0.717, 1.165) is 52.9 Å². The fourth-order valence-electron chi connectivity index (χ4n) is 8.87. The van der Waals surface area contributed by atoms with Gasteiger partial charge < -0.3 is 14.7 Å². The van der Waals surface area contributed by atoms with Crippen LogP contribution in [0.15, 0.2) is 57.7 Å². The summed E-state index contributed by atoms with van der Waals surface area (Å²) in [5, 5.41) is 29.6. The number of fused-ring (bicyclic) bond motifs is 7. The molecule has 2 aromatic heterocycles. The van der Waals surface area contributed by atoms with Gasteiger partial charge in [-0.15, -0.1) is 0 Å². The highest BCUT2D eigenvalue weighted by molar-refractivity contribution is 7.99. The zero-order chi connectivity index (χ0) is 26.3. The van der Waals surface area contributed by atoms with Gasteiger partial charge in [0.05, 0.1) is 28.6 Å². The number of carbonyl (C=O) groups excluding carboxylic acids is 1. The van der Waals surface area contributed by atoms with Crippen LogP contribution in [0.4, 0.5) is 0 Å². The quantitative estimate of drug-likeness (QED) is 0.432. The van der Waals surface area contributed by atoms with Gasteiger partial charge in [-0.05, 0) is 79.9 Å². The molecular formula is C31H34N2O4S. The third kappa shape index (κ3) is 3.37. The van der Waals surface area contributed by atoms with E-state index in [-0.39, 0.29) is 34.7 Å². The number of hydrogen-bond donors (Lipinski definition) is 2. The first-order valence-corrected chi connectivity index (χ1v) is 14.8. The third-order valence-corrected chi connectivity index (χ3v) is 11.7. The molecule has 0 bridgehead atoms. The van der Waals surface area contributed by atoms with Crippen LogP contribution in [0.2, 0.25) is 0 Å². The van der Waals surface area contributed by atoms with E-state index >= 15 is 0 Å². The second kappa shape index (κ2) is 8.51. The van der Waals surface area contributed by atoms with Crippen LogP contribution < -0.4 is 0 Å². The lowest BCUT2D eigenvalue weighted by molar-refractivity contribution is -0.177. The maximum Gasteiger partial charge on any atom is 0.175 e. The van der Waals surface area contributed by atoms with Gasteiger partial charge in [0.25, 0.3) is 0 Å². The van der Waals surface area contributed by atoms with Gasteiger partial charge in [-0.25, -0.2) is 4.98 Å². The molecule has 7 rings (SSSR count). The molecule has 2 N–H and O–H groups in total. The largest absolute Gasteiger partial charge is 0.393 e. The summed E-state index contributed by atoms with van der Waals surface area (Å²) in [5.41, 5.74) is 1.11. The number of pyridine rings is 1. The van der Waals surface area contributed by atoms with Crippen molar-refractivity contribution in [2.24, 2.45) is 28.6 Å². The Morgan fingerprint density at radius 1 is 1.18 bits per heavy atom. The second-order valence-corrected chi connectivity index (χ2v) is 13.5. The molecular weight excluding hydrogens is 496 g/mol. The monoisotopic (exact) mass is 530 g/mol. The number of carbonyl (C=O) groups is 1. The van der Waals surface area contributed by atoms with E-state index in [1.54, 1.807) is 0 Å². The smallest absolute Gasteiger partial charge is 0.175 e. The van der Waals surface area contributed by atoms with Gasteiger partial charge in [0, 0.05) is 16.4 Å². The number of thioether (sulfide) groups is 1. The standard InChI is InChI=1S/C31H34N2O4S/c1-29-14-19-16-32-37-25(19)13-20(29)8-9-21-22-11-12-31(36,30(22,2)15-24(34)28(21)29)26(35)17-38-27-10-7-18-5-3-4-6-23(18)33-27/h3-7,10,13,16,21-22,24,28,34,36H,8-9,11-12,14-15,17H2,1-2H3/t21?,22?,24-,28?,29-,30-,31-/m0/s1. The number of rotatable bonds is 4. The summed E-state index contributed by atoms with van der Waals surface area (Å²) < 4.78 is 5.46. The van der Waals surface area contributed by atoms with Gasteiger partial charge in [0.15, 0.2) is 11.5 Å². The number of para-hydroxylation sites is 1. The van der Waals surface area contributed by atoms with Crippen molar-refractivity contribution in [2.75, 3.05) is 5.75 Å². The number of benzene rings is 1. The second-order valence-electron chi connectivity index (χ2n) is 12.5. The fourth-order valence-corrected chi connectivity index (χ4v) is 9.71. The maximum absolute atomic E-state index is 13.7. The molecule has 198 valence electrons. The van der Waals surface area contributed by atoms with Crippen molar-refractivity contribution in [1.82, 2.24) is 10.1 Å². The van der Waals surface area contributed by atoms with Crippen LogP contribution in [0, 0.1) is 28.6 Å². The van der Waals surface area contributed by atoms with E-state index in [2.05, 4.69) is 25.1 Å². The highest BCUT2D eigenvalue weighted by Gasteiger charge is 2.68. The van der Waals surface area contributed by atoms with Crippen LogP contribution in [0.5, 0.6) is 0 Å². The van der Waals surface area contributed by atoms with Crippen molar-refractivity contribution < 1.29 is 19.5 Å². The summed E-state index contributed by atoms with van der Waals surface area (Å²) in [6.07, 6.45) is 7.84. The number of aliphatic hydroxyl groups excluding tert-OH is 1. The molecule has 7 atom stereocenters. The predicted molar refractivity (Wildman–Crippen MR) is 146 cm³/mol. The van der Waals surface area contributed by atoms with Gasteiger partial charge >= 0.3 is 0 Å². The first kappa shape index (κ1) is 24.6. The molecule has 0 radical (unpaired) electrons.